The molecule has 1 aliphatic rings. The zero-order chi connectivity index (χ0) is 11.1. The van der Waals surface area contributed by atoms with Gasteiger partial charge in [0.2, 0.25) is 0 Å². The molecule has 0 heterocycles. The van der Waals surface area contributed by atoms with Gasteiger partial charge in [-0.1, -0.05) is 0 Å². The smallest absolute Gasteiger partial charge is 0.0597 e. The summed E-state index contributed by atoms with van der Waals surface area (Å²) in [5.74, 6) is 0. The van der Waals surface area contributed by atoms with Crippen LogP contribution >= 0.6 is 0 Å². The number of nitrogens with zero attached hydrogens (tertiary/aromatic N) is 1. The number of aliphatic hydroxyl groups is 1. The summed E-state index contributed by atoms with van der Waals surface area (Å²) in [6.07, 6.45) is 3.59. The molecule has 90 valence electrons. The highest BCUT2D eigenvalue weighted by molar-refractivity contribution is 4.85. The van der Waals surface area contributed by atoms with Crippen LogP contribution in [0.4, 0.5) is 0 Å². The van der Waals surface area contributed by atoms with Crippen LogP contribution in [0.5, 0.6) is 0 Å². The maximum atomic E-state index is 9.21. The van der Waals surface area contributed by atoms with Crippen LogP contribution in [0.15, 0.2) is 0 Å². The van der Waals surface area contributed by atoms with Gasteiger partial charge < -0.3 is 20.1 Å². The second kappa shape index (κ2) is 7.17. The van der Waals surface area contributed by atoms with Crippen LogP contribution in [0, 0.1) is 0 Å². The molecule has 1 aliphatic carbocycles. The number of ether oxygens (including phenoxy) is 1. The van der Waals surface area contributed by atoms with Gasteiger partial charge in [-0.25, -0.2) is 0 Å². The minimum Gasteiger partial charge on any atom is -0.395 e. The van der Waals surface area contributed by atoms with Crippen molar-refractivity contribution < 1.29 is 9.84 Å². The van der Waals surface area contributed by atoms with E-state index in [4.69, 9.17) is 4.74 Å². The van der Waals surface area contributed by atoms with E-state index in [0.29, 0.717) is 6.04 Å². The summed E-state index contributed by atoms with van der Waals surface area (Å²) in [4.78, 5) is 2.25. The fourth-order valence-electron chi connectivity index (χ4n) is 1.69. The molecule has 4 nitrogen and oxygen atoms in total. The van der Waals surface area contributed by atoms with Gasteiger partial charge in [-0.05, 0) is 26.3 Å². The van der Waals surface area contributed by atoms with Gasteiger partial charge in [-0.15, -0.1) is 0 Å². The Bertz CT molecular complexity index is 163. The highest BCUT2D eigenvalue weighted by Crippen LogP contribution is 2.19. The zero-order valence-corrected chi connectivity index (χ0v) is 9.91. The Morgan fingerprint density at radius 1 is 1.53 bits per heavy atom. The summed E-state index contributed by atoms with van der Waals surface area (Å²) < 4.78 is 5.01. The standard InChI is InChI=1S/C11H24N2O2/c1-13(6-3-7-15-2)8-11(9-14)12-10-4-5-10/h10-12,14H,3-9H2,1-2H3. The first-order valence-corrected chi connectivity index (χ1v) is 5.80. The molecule has 0 radical (unpaired) electrons. The maximum absolute atomic E-state index is 9.21. The number of hydrogen-bond donors (Lipinski definition) is 2. The maximum Gasteiger partial charge on any atom is 0.0597 e. The average Bonchev–Trinajstić information content (AvgIpc) is 3.01. The summed E-state index contributed by atoms with van der Waals surface area (Å²) in [7, 11) is 3.82. The number of hydrogen-bond acceptors (Lipinski definition) is 4. The second-order valence-corrected chi connectivity index (χ2v) is 4.43. The number of nitrogens with one attached hydrogen (secondary N) is 1. The lowest BCUT2D eigenvalue weighted by Crippen LogP contribution is -2.43. The van der Waals surface area contributed by atoms with Crippen LogP contribution in [-0.2, 0) is 4.74 Å². The highest BCUT2D eigenvalue weighted by Gasteiger charge is 2.24. The van der Waals surface area contributed by atoms with Gasteiger partial charge in [0.05, 0.1) is 6.61 Å². The molecular formula is C11H24N2O2. The lowest BCUT2D eigenvalue weighted by atomic mass is 10.2. The molecule has 0 aromatic carbocycles. The normalized spacial score (nSPS) is 18.4. The van der Waals surface area contributed by atoms with E-state index in [1.54, 1.807) is 7.11 Å². The van der Waals surface area contributed by atoms with Crippen molar-refractivity contribution in [2.24, 2.45) is 0 Å². The van der Waals surface area contributed by atoms with Crippen molar-refractivity contribution in [3.05, 3.63) is 0 Å². The Morgan fingerprint density at radius 3 is 2.80 bits per heavy atom. The minimum atomic E-state index is 0.227. The molecule has 1 rings (SSSR count). The Kier molecular flexibility index (Phi) is 6.17. The molecule has 0 amide bonds. The van der Waals surface area contributed by atoms with E-state index < -0.39 is 0 Å². The third-order valence-electron chi connectivity index (χ3n) is 2.69. The first-order valence-electron chi connectivity index (χ1n) is 5.80. The van der Waals surface area contributed by atoms with Crippen molar-refractivity contribution in [3.8, 4) is 0 Å². The van der Waals surface area contributed by atoms with Gasteiger partial charge >= 0.3 is 0 Å². The van der Waals surface area contributed by atoms with E-state index >= 15 is 0 Å². The molecule has 1 fully saturated rings. The molecule has 1 unspecified atom stereocenters. The number of rotatable bonds is 9. The van der Waals surface area contributed by atoms with Gasteiger partial charge in [0.25, 0.3) is 0 Å². The fraction of sp³-hybridized carbons (Fsp3) is 1.00. The predicted octanol–water partition coefficient (Wildman–Crippen LogP) is 0.0676. The summed E-state index contributed by atoms with van der Waals surface area (Å²) in [6, 6.07) is 0.888. The molecule has 0 aromatic rings. The van der Waals surface area contributed by atoms with Gasteiger partial charge in [0.1, 0.15) is 0 Å². The van der Waals surface area contributed by atoms with Crippen LogP contribution in [0.25, 0.3) is 0 Å². The van der Waals surface area contributed by atoms with Crippen molar-refractivity contribution in [1.29, 1.82) is 0 Å². The Hall–Kier alpha value is -0.160. The SMILES string of the molecule is COCCCN(C)CC(CO)NC1CC1. The molecule has 0 aliphatic heterocycles. The summed E-state index contributed by atoms with van der Waals surface area (Å²) >= 11 is 0. The van der Waals surface area contributed by atoms with Crippen molar-refractivity contribution in [1.82, 2.24) is 10.2 Å². The van der Waals surface area contributed by atoms with Gasteiger partial charge in [-0.3, -0.25) is 0 Å². The van der Waals surface area contributed by atoms with Gasteiger partial charge in [0.15, 0.2) is 0 Å². The van der Waals surface area contributed by atoms with E-state index in [0.717, 1.165) is 26.1 Å². The molecular weight excluding hydrogens is 192 g/mol. The summed E-state index contributed by atoms with van der Waals surface area (Å²) in [5.41, 5.74) is 0. The third-order valence-corrected chi connectivity index (χ3v) is 2.69. The highest BCUT2D eigenvalue weighted by atomic mass is 16.5. The molecule has 15 heavy (non-hydrogen) atoms. The van der Waals surface area contributed by atoms with Crippen LogP contribution in [0.3, 0.4) is 0 Å². The molecule has 0 aromatic heterocycles. The van der Waals surface area contributed by atoms with E-state index in [2.05, 4.69) is 17.3 Å². The quantitative estimate of drug-likeness (QED) is 0.535. The Morgan fingerprint density at radius 2 is 2.27 bits per heavy atom. The topological polar surface area (TPSA) is 44.7 Å². The summed E-state index contributed by atoms with van der Waals surface area (Å²) in [6.45, 7) is 2.97. The van der Waals surface area contributed by atoms with Crippen molar-refractivity contribution in [2.75, 3.05) is 40.5 Å². The molecule has 0 spiro atoms. The molecule has 1 saturated carbocycles. The van der Waals surface area contributed by atoms with Crippen LogP contribution < -0.4 is 5.32 Å². The summed E-state index contributed by atoms with van der Waals surface area (Å²) in [5, 5.41) is 12.6. The molecule has 0 bridgehead atoms. The van der Waals surface area contributed by atoms with E-state index in [-0.39, 0.29) is 12.6 Å². The van der Waals surface area contributed by atoms with Crippen LogP contribution in [0.1, 0.15) is 19.3 Å². The molecule has 1 atom stereocenters. The van der Waals surface area contributed by atoms with Crippen LogP contribution in [-0.4, -0.2) is 62.6 Å². The van der Waals surface area contributed by atoms with Crippen LogP contribution in [0.2, 0.25) is 0 Å². The second-order valence-electron chi connectivity index (χ2n) is 4.43. The minimum absolute atomic E-state index is 0.227. The lowest BCUT2D eigenvalue weighted by Gasteiger charge is -2.23. The van der Waals surface area contributed by atoms with Crippen molar-refractivity contribution >= 4 is 0 Å². The van der Waals surface area contributed by atoms with Gasteiger partial charge in [0, 0.05) is 38.9 Å². The first kappa shape index (κ1) is 12.9. The Balaban J connectivity index is 2.06. The Labute approximate surface area is 92.6 Å². The zero-order valence-electron chi connectivity index (χ0n) is 9.91. The van der Waals surface area contributed by atoms with Crippen molar-refractivity contribution in [2.45, 2.75) is 31.3 Å². The third kappa shape index (κ3) is 6.10. The monoisotopic (exact) mass is 216 g/mol. The molecule has 0 saturated heterocycles. The van der Waals surface area contributed by atoms with E-state index in [1.807, 2.05) is 0 Å². The molecule has 2 N–H and O–H groups in total. The number of aliphatic hydroxyl groups excluding tert-OH is 1. The number of likely N-dealkylation sites (N-methyl/N-ethyl adjacent to an activating group) is 1. The first-order chi connectivity index (χ1) is 7.26. The fourth-order valence-corrected chi connectivity index (χ4v) is 1.69. The van der Waals surface area contributed by atoms with Gasteiger partial charge in [-0.2, -0.15) is 0 Å². The van der Waals surface area contributed by atoms with Crippen molar-refractivity contribution in [3.63, 3.8) is 0 Å². The van der Waals surface area contributed by atoms with E-state index in [1.165, 1.54) is 12.8 Å². The lowest BCUT2D eigenvalue weighted by molar-refractivity contribution is 0.164. The van der Waals surface area contributed by atoms with E-state index in [9.17, 15) is 5.11 Å². The predicted molar refractivity (Wildman–Crippen MR) is 61.0 cm³/mol. The molecule has 4 heteroatoms. The average molecular weight is 216 g/mol. The number of methoxy groups -OCH3 is 1. The largest absolute Gasteiger partial charge is 0.395 e.